The van der Waals surface area contributed by atoms with Crippen molar-refractivity contribution in [3.8, 4) is 0 Å². The number of hydrogen-bond donors (Lipinski definition) is 0. The van der Waals surface area contributed by atoms with Crippen LogP contribution in [0.25, 0.3) is 0 Å². The minimum absolute atomic E-state index is 0.853. The molecule has 0 aliphatic carbocycles. The molecule has 90 valence electrons. The normalized spacial score (nSPS) is 12.8. The molecule has 0 heteroatoms. The molecule has 0 bridgehead atoms. The highest BCUT2D eigenvalue weighted by molar-refractivity contribution is 5.37. The van der Waals surface area contributed by atoms with Gasteiger partial charge in [0.1, 0.15) is 0 Å². The van der Waals surface area contributed by atoms with Crippen LogP contribution in [0.5, 0.6) is 0 Å². The highest BCUT2D eigenvalue weighted by Gasteiger charge is 2.05. The standard InChI is InChI=1S/C16H26/c1-6-12(3)8-9-16-11-15(7-2)13(4)10-14(16)5/h10-12H,6-9H2,1-5H3. The van der Waals surface area contributed by atoms with E-state index in [0.29, 0.717) is 0 Å². The zero-order chi connectivity index (χ0) is 12.1. The van der Waals surface area contributed by atoms with Gasteiger partial charge < -0.3 is 0 Å². The molecule has 0 saturated carbocycles. The summed E-state index contributed by atoms with van der Waals surface area (Å²) in [5.74, 6) is 0.853. The molecule has 0 nitrogen and oxygen atoms in total. The van der Waals surface area contributed by atoms with Gasteiger partial charge in [0, 0.05) is 0 Å². The number of aryl methyl sites for hydroxylation is 4. The van der Waals surface area contributed by atoms with Crippen molar-refractivity contribution in [1.82, 2.24) is 0 Å². The van der Waals surface area contributed by atoms with Crippen LogP contribution in [-0.4, -0.2) is 0 Å². The van der Waals surface area contributed by atoms with Gasteiger partial charge in [0.2, 0.25) is 0 Å². The first-order valence-corrected chi connectivity index (χ1v) is 6.67. The summed E-state index contributed by atoms with van der Waals surface area (Å²) in [6.07, 6.45) is 5.02. The van der Waals surface area contributed by atoms with Crippen molar-refractivity contribution >= 4 is 0 Å². The lowest BCUT2D eigenvalue weighted by molar-refractivity contribution is 0.516. The first-order chi connectivity index (χ1) is 7.58. The maximum absolute atomic E-state index is 2.42. The second-order valence-electron chi connectivity index (χ2n) is 5.11. The Morgan fingerprint density at radius 2 is 1.62 bits per heavy atom. The Kier molecular flexibility index (Phi) is 5.05. The van der Waals surface area contributed by atoms with Gasteiger partial charge in [0.15, 0.2) is 0 Å². The van der Waals surface area contributed by atoms with Crippen LogP contribution in [0, 0.1) is 19.8 Å². The minimum Gasteiger partial charge on any atom is -0.0651 e. The molecule has 0 heterocycles. The molecule has 0 aliphatic heterocycles. The molecule has 0 radical (unpaired) electrons. The Morgan fingerprint density at radius 3 is 2.19 bits per heavy atom. The van der Waals surface area contributed by atoms with Crippen LogP contribution < -0.4 is 0 Å². The lowest BCUT2D eigenvalue weighted by Crippen LogP contribution is -1.99. The van der Waals surface area contributed by atoms with Crippen LogP contribution in [-0.2, 0) is 12.8 Å². The molecule has 0 spiro atoms. The summed E-state index contributed by atoms with van der Waals surface area (Å²) >= 11 is 0. The SMILES string of the molecule is CCc1cc(CCC(C)CC)c(C)cc1C. The van der Waals surface area contributed by atoms with Gasteiger partial charge in [0.25, 0.3) is 0 Å². The average molecular weight is 218 g/mol. The molecule has 0 saturated heterocycles. The summed E-state index contributed by atoms with van der Waals surface area (Å²) in [5, 5.41) is 0. The van der Waals surface area contributed by atoms with Crippen molar-refractivity contribution < 1.29 is 0 Å². The van der Waals surface area contributed by atoms with E-state index >= 15 is 0 Å². The fraction of sp³-hybridized carbons (Fsp3) is 0.625. The molecule has 16 heavy (non-hydrogen) atoms. The maximum atomic E-state index is 2.42. The van der Waals surface area contributed by atoms with E-state index in [4.69, 9.17) is 0 Å². The molecule has 1 aromatic carbocycles. The quantitative estimate of drug-likeness (QED) is 0.663. The third-order valence-corrected chi connectivity index (χ3v) is 3.78. The van der Waals surface area contributed by atoms with Crippen LogP contribution in [0.4, 0.5) is 0 Å². The zero-order valence-electron chi connectivity index (χ0n) is 11.6. The molecule has 0 aromatic heterocycles. The molecule has 0 amide bonds. The van der Waals surface area contributed by atoms with Crippen LogP contribution in [0.2, 0.25) is 0 Å². The van der Waals surface area contributed by atoms with E-state index in [1.54, 1.807) is 5.56 Å². The highest BCUT2D eigenvalue weighted by Crippen LogP contribution is 2.20. The van der Waals surface area contributed by atoms with Crippen LogP contribution in [0.15, 0.2) is 12.1 Å². The second kappa shape index (κ2) is 6.08. The van der Waals surface area contributed by atoms with Crippen molar-refractivity contribution in [2.75, 3.05) is 0 Å². The molecular weight excluding hydrogens is 192 g/mol. The van der Waals surface area contributed by atoms with Crippen LogP contribution >= 0.6 is 0 Å². The summed E-state index contributed by atoms with van der Waals surface area (Å²) in [4.78, 5) is 0. The molecule has 0 aliphatic rings. The van der Waals surface area contributed by atoms with Crippen molar-refractivity contribution in [3.05, 3.63) is 34.4 Å². The summed E-state index contributed by atoms with van der Waals surface area (Å²) in [5.41, 5.74) is 6.00. The predicted molar refractivity (Wildman–Crippen MR) is 73.1 cm³/mol. The topological polar surface area (TPSA) is 0 Å². The third kappa shape index (κ3) is 3.37. The molecule has 1 atom stereocenters. The molecule has 0 fully saturated rings. The molecule has 1 aromatic rings. The summed E-state index contributed by atoms with van der Waals surface area (Å²) in [6, 6.07) is 4.78. The largest absolute Gasteiger partial charge is 0.0651 e. The summed E-state index contributed by atoms with van der Waals surface area (Å²) in [7, 11) is 0. The average Bonchev–Trinajstić information content (AvgIpc) is 2.27. The van der Waals surface area contributed by atoms with Crippen molar-refractivity contribution in [2.45, 2.75) is 60.3 Å². The lowest BCUT2D eigenvalue weighted by Gasteiger charge is -2.13. The predicted octanol–water partition coefficient (Wildman–Crippen LogP) is 4.84. The fourth-order valence-corrected chi connectivity index (χ4v) is 2.20. The van der Waals surface area contributed by atoms with Crippen LogP contribution in [0.3, 0.4) is 0 Å². The highest BCUT2D eigenvalue weighted by atomic mass is 14.1. The van der Waals surface area contributed by atoms with Gasteiger partial charge in [-0.2, -0.15) is 0 Å². The van der Waals surface area contributed by atoms with Crippen LogP contribution in [0.1, 0.15) is 55.9 Å². The summed E-state index contributed by atoms with van der Waals surface area (Å²) < 4.78 is 0. The summed E-state index contributed by atoms with van der Waals surface area (Å²) in [6.45, 7) is 11.4. The molecular formula is C16H26. The smallest absolute Gasteiger partial charge is 0.0274 e. The van der Waals surface area contributed by atoms with Gasteiger partial charge in [-0.1, -0.05) is 39.3 Å². The Balaban J connectivity index is 2.79. The van der Waals surface area contributed by atoms with Crippen molar-refractivity contribution in [2.24, 2.45) is 5.92 Å². The molecule has 1 rings (SSSR count). The number of benzene rings is 1. The Bertz CT molecular complexity index is 336. The van der Waals surface area contributed by atoms with E-state index in [9.17, 15) is 0 Å². The van der Waals surface area contributed by atoms with Gasteiger partial charge in [0.05, 0.1) is 0 Å². The van der Waals surface area contributed by atoms with Crippen molar-refractivity contribution in [1.29, 1.82) is 0 Å². The van der Waals surface area contributed by atoms with E-state index in [1.165, 1.54) is 36.0 Å². The second-order valence-corrected chi connectivity index (χ2v) is 5.11. The Hall–Kier alpha value is -0.780. The van der Waals surface area contributed by atoms with Gasteiger partial charge in [-0.3, -0.25) is 0 Å². The van der Waals surface area contributed by atoms with E-state index in [0.717, 1.165) is 12.3 Å². The van der Waals surface area contributed by atoms with E-state index < -0.39 is 0 Å². The maximum Gasteiger partial charge on any atom is -0.0274 e. The Morgan fingerprint density at radius 1 is 1.00 bits per heavy atom. The lowest BCUT2D eigenvalue weighted by atomic mass is 9.93. The van der Waals surface area contributed by atoms with Crippen molar-refractivity contribution in [3.63, 3.8) is 0 Å². The third-order valence-electron chi connectivity index (χ3n) is 3.78. The number of hydrogen-bond acceptors (Lipinski definition) is 0. The van der Waals surface area contributed by atoms with E-state index in [2.05, 4.69) is 46.8 Å². The first-order valence-electron chi connectivity index (χ1n) is 6.67. The van der Waals surface area contributed by atoms with Gasteiger partial charge >= 0.3 is 0 Å². The zero-order valence-corrected chi connectivity index (χ0v) is 11.6. The minimum atomic E-state index is 0.853. The fourth-order valence-electron chi connectivity index (χ4n) is 2.20. The Labute approximate surface area is 101 Å². The first kappa shape index (κ1) is 13.3. The van der Waals surface area contributed by atoms with E-state index in [-0.39, 0.29) is 0 Å². The van der Waals surface area contributed by atoms with Gasteiger partial charge in [-0.05, 0) is 61.3 Å². The number of rotatable bonds is 5. The van der Waals surface area contributed by atoms with Gasteiger partial charge in [-0.15, -0.1) is 0 Å². The molecule has 1 unspecified atom stereocenters. The monoisotopic (exact) mass is 218 g/mol. The molecule has 0 N–H and O–H groups in total. The van der Waals surface area contributed by atoms with Gasteiger partial charge in [-0.25, -0.2) is 0 Å². The van der Waals surface area contributed by atoms with E-state index in [1.807, 2.05) is 0 Å².